The van der Waals surface area contributed by atoms with Crippen LogP contribution in [0.2, 0.25) is 0 Å². The van der Waals surface area contributed by atoms with E-state index < -0.39 is 0 Å². The van der Waals surface area contributed by atoms with Crippen LogP contribution >= 0.6 is 0 Å². The van der Waals surface area contributed by atoms with E-state index in [9.17, 15) is 0 Å². The van der Waals surface area contributed by atoms with E-state index in [2.05, 4.69) is 11.8 Å². The molecule has 0 atom stereocenters. The first-order chi connectivity index (χ1) is 7.73. The van der Waals surface area contributed by atoms with E-state index in [1.165, 1.54) is 64.3 Å². The quantitative estimate of drug-likeness (QED) is 0.795. The van der Waals surface area contributed by atoms with Gasteiger partial charge in [-0.25, -0.2) is 0 Å². The summed E-state index contributed by atoms with van der Waals surface area (Å²) in [5.74, 6) is 0. The summed E-state index contributed by atoms with van der Waals surface area (Å²) in [6.45, 7) is 4.63. The zero-order valence-corrected chi connectivity index (χ0v) is 10.9. The average Bonchev–Trinajstić information content (AvgIpc) is 2.74. The van der Waals surface area contributed by atoms with Gasteiger partial charge in [0.05, 0.1) is 0 Å². The number of nitrogens with zero attached hydrogens (tertiary/aromatic N) is 1. The molecule has 16 heavy (non-hydrogen) atoms. The molecule has 2 fully saturated rings. The second-order valence-electron chi connectivity index (χ2n) is 5.92. The van der Waals surface area contributed by atoms with Crippen LogP contribution in [-0.2, 0) is 0 Å². The van der Waals surface area contributed by atoms with Crippen molar-refractivity contribution in [3.05, 3.63) is 0 Å². The Kier molecular flexibility index (Phi) is 4.26. The van der Waals surface area contributed by atoms with Crippen LogP contribution in [0.25, 0.3) is 0 Å². The molecule has 0 amide bonds. The molecule has 2 heteroatoms. The average molecular weight is 224 g/mol. The summed E-state index contributed by atoms with van der Waals surface area (Å²) in [6, 6.07) is 0.833. The van der Waals surface area contributed by atoms with Gasteiger partial charge < -0.3 is 5.73 Å². The van der Waals surface area contributed by atoms with Gasteiger partial charge in [0.25, 0.3) is 0 Å². The van der Waals surface area contributed by atoms with Crippen molar-refractivity contribution in [2.45, 2.75) is 76.3 Å². The molecule has 2 saturated carbocycles. The van der Waals surface area contributed by atoms with E-state index in [-0.39, 0.29) is 5.54 Å². The molecule has 2 nitrogen and oxygen atoms in total. The molecule has 2 N–H and O–H groups in total. The van der Waals surface area contributed by atoms with Gasteiger partial charge >= 0.3 is 0 Å². The first-order valence-corrected chi connectivity index (χ1v) is 7.26. The van der Waals surface area contributed by atoms with Crippen LogP contribution in [0.1, 0.15) is 64.7 Å². The molecule has 2 rings (SSSR count). The highest BCUT2D eigenvalue weighted by Gasteiger charge is 2.33. The van der Waals surface area contributed by atoms with Crippen molar-refractivity contribution in [2.24, 2.45) is 5.73 Å². The molecule has 0 saturated heterocycles. The SMILES string of the molecule is CCN(CC1(N)CCCC1)C1CCCCC1. The first kappa shape index (κ1) is 12.4. The summed E-state index contributed by atoms with van der Waals surface area (Å²) in [5.41, 5.74) is 6.65. The zero-order chi connectivity index (χ0) is 11.4. The second-order valence-corrected chi connectivity index (χ2v) is 5.92. The smallest absolute Gasteiger partial charge is 0.0283 e. The second kappa shape index (κ2) is 5.50. The Morgan fingerprint density at radius 3 is 2.25 bits per heavy atom. The van der Waals surface area contributed by atoms with Gasteiger partial charge in [-0.15, -0.1) is 0 Å². The van der Waals surface area contributed by atoms with Crippen LogP contribution in [-0.4, -0.2) is 29.6 Å². The number of likely N-dealkylation sites (N-methyl/N-ethyl adjacent to an activating group) is 1. The zero-order valence-electron chi connectivity index (χ0n) is 10.9. The van der Waals surface area contributed by atoms with Crippen LogP contribution in [0.5, 0.6) is 0 Å². The fourth-order valence-corrected chi connectivity index (χ4v) is 3.59. The molecule has 94 valence electrons. The molecule has 2 aliphatic rings. The van der Waals surface area contributed by atoms with Gasteiger partial charge in [0.2, 0.25) is 0 Å². The van der Waals surface area contributed by atoms with E-state index in [4.69, 9.17) is 5.73 Å². The Hall–Kier alpha value is -0.0800. The van der Waals surface area contributed by atoms with Gasteiger partial charge in [-0.05, 0) is 32.2 Å². The van der Waals surface area contributed by atoms with Crippen LogP contribution in [0.4, 0.5) is 0 Å². The van der Waals surface area contributed by atoms with Crippen LogP contribution in [0.15, 0.2) is 0 Å². The molecular formula is C14H28N2. The molecule has 0 heterocycles. The van der Waals surface area contributed by atoms with Crippen molar-refractivity contribution in [2.75, 3.05) is 13.1 Å². The Labute approximate surface area is 101 Å². The molecule has 0 radical (unpaired) electrons. The molecule has 0 aromatic rings. The number of hydrogen-bond acceptors (Lipinski definition) is 2. The molecular weight excluding hydrogens is 196 g/mol. The van der Waals surface area contributed by atoms with E-state index in [0.29, 0.717) is 0 Å². The topological polar surface area (TPSA) is 29.3 Å². The molecule has 0 aromatic carbocycles. The number of hydrogen-bond donors (Lipinski definition) is 1. The monoisotopic (exact) mass is 224 g/mol. The van der Waals surface area contributed by atoms with Crippen molar-refractivity contribution >= 4 is 0 Å². The van der Waals surface area contributed by atoms with Gasteiger partial charge in [0.1, 0.15) is 0 Å². The van der Waals surface area contributed by atoms with Crippen molar-refractivity contribution < 1.29 is 0 Å². The molecule has 2 aliphatic carbocycles. The van der Waals surface area contributed by atoms with Crippen molar-refractivity contribution in [3.8, 4) is 0 Å². The third-order valence-corrected chi connectivity index (χ3v) is 4.61. The molecule has 0 bridgehead atoms. The summed E-state index contributed by atoms with van der Waals surface area (Å²) >= 11 is 0. The predicted molar refractivity (Wildman–Crippen MR) is 69.5 cm³/mol. The lowest BCUT2D eigenvalue weighted by Gasteiger charge is -2.38. The van der Waals surface area contributed by atoms with Gasteiger partial charge in [-0.2, -0.15) is 0 Å². The Balaban J connectivity index is 1.88. The summed E-state index contributed by atoms with van der Waals surface area (Å²) in [4.78, 5) is 2.67. The number of nitrogens with two attached hydrogens (primary N) is 1. The Bertz CT molecular complexity index is 203. The van der Waals surface area contributed by atoms with Crippen molar-refractivity contribution in [1.82, 2.24) is 4.90 Å². The van der Waals surface area contributed by atoms with Crippen LogP contribution in [0, 0.1) is 0 Å². The lowest BCUT2D eigenvalue weighted by Crippen LogP contribution is -2.51. The minimum atomic E-state index is 0.146. The Morgan fingerprint density at radius 2 is 1.69 bits per heavy atom. The highest BCUT2D eigenvalue weighted by molar-refractivity contribution is 4.93. The molecule has 0 aliphatic heterocycles. The first-order valence-electron chi connectivity index (χ1n) is 7.26. The van der Waals surface area contributed by atoms with Gasteiger partial charge in [-0.3, -0.25) is 4.90 Å². The maximum atomic E-state index is 6.50. The lowest BCUT2D eigenvalue weighted by atomic mass is 9.91. The standard InChI is InChI=1S/C14H28N2/c1-2-16(13-8-4-3-5-9-13)12-14(15)10-6-7-11-14/h13H,2-12,15H2,1H3. The Morgan fingerprint density at radius 1 is 1.06 bits per heavy atom. The van der Waals surface area contributed by atoms with Gasteiger partial charge in [0.15, 0.2) is 0 Å². The predicted octanol–water partition coefficient (Wildman–Crippen LogP) is 2.91. The van der Waals surface area contributed by atoms with Crippen molar-refractivity contribution in [1.29, 1.82) is 0 Å². The lowest BCUT2D eigenvalue weighted by molar-refractivity contribution is 0.129. The van der Waals surface area contributed by atoms with Crippen molar-refractivity contribution in [3.63, 3.8) is 0 Å². The maximum Gasteiger partial charge on any atom is 0.0283 e. The minimum Gasteiger partial charge on any atom is -0.324 e. The van der Waals surface area contributed by atoms with Crippen LogP contribution < -0.4 is 5.73 Å². The summed E-state index contributed by atoms with van der Waals surface area (Å²) < 4.78 is 0. The maximum absolute atomic E-state index is 6.50. The van der Waals surface area contributed by atoms with Gasteiger partial charge in [0, 0.05) is 18.1 Å². The highest BCUT2D eigenvalue weighted by atomic mass is 15.2. The summed E-state index contributed by atoms with van der Waals surface area (Å²) in [6.07, 6.45) is 12.3. The van der Waals surface area contributed by atoms with Crippen LogP contribution in [0.3, 0.4) is 0 Å². The van der Waals surface area contributed by atoms with E-state index >= 15 is 0 Å². The van der Waals surface area contributed by atoms with Gasteiger partial charge in [-0.1, -0.05) is 39.0 Å². The van der Waals surface area contributed by atoms with E-state index in [1.807, 2.05) is 0 Å². The fraction of sp³-hybridized carbons (Fsp3) is 1.00. The number of rotatable bonds is 4. The third kappa shape index (κ3) is 2.98. The summed E-state index contributed by atoms with van der Waals surface area (Å²) in [5, 5.41) is 0. The highest BCUT2D eigenvalue weighted by Crippen LogP contribution is 2.30. The van der Waals surface area contributed by atoms with E-state index in [0.717, 1.165) is 12.6 Å². The molecule has 0 unspecified atom stereocenters. The molecule has 0 spiro atoms. The third-order valence-electron chi connectivity index (χ3n) is 4.61. The largest absolute Gasteiger partial charge is 0.324 e. The fourth-order valence-electron chi connectivity index (χ4n) is 3.59. The minimum absolute atomic E-state index is 0.146. The normalized spacial score (nSPS) is 26.4. The summed E-state index contributed by atoms with van der Waals surface area (Å²) in [7, 11) is 0. The van der Waals surface area contributed by atoms with E-state index in [1.54, 1.807) is 0 Å². The molecule has 0 aromatic heterocycles.